The zero-order valence-corrected chi connectivity index (χ0v) is 21.0. The Morgan fingerprint density at radius 3 is 2.46 bits per heavy atom. The van der Waals surface area contributed by atoms with Gasteiger partial charge in [0.2, 0.25) is 0 Å². The molecule has 11 heteroatoms. The van der Waals surface area contributed by atoms with Gasteiger partial charge in [-0.25, -0.2) is 18.5 Å². The van der Waals surface area contributed by atoms with Crippen molar-refractivity contribution >= 4 is 39.1 Å². The van der Waals surface area contributed by atoms with Crippen LogP contribution in [0.1, 0.15) is 21.1 Å². The third-order valence-corrected chi connectivity index (χ3v) is 7.06. The van der Waals surface area contributed by atoms with Crippen LogP contribution in [0.4, 0.5) is 10.1 Å². The van der Waals surface area contributed by atoms with Gasteiger partial charge in [-0.2, -0.15) is 5.10 Å². The van der Waals surface area contributed by atoms with Crippen molar-refractivity contribution < 1.29 is 18.7 Å². The average Bonchev–Trinajstić information content (AvgIpc) is 3.52. The van der Waals surface area contributed by atoms with Crippen molar-refractivity contribution in [1.82, 2.24) is 19.1 Å². The maximum atomic E-state index is 13.3. The molecule has 0 fully saturated rings. The highest BCUT2D eigenvalue weighted by molar-refractivity contribution is 7.20. The lowest BCUT2D eigenvalue weighted by molar-refractivity contribution is -0.119. The molecule has 1 amide bonds. The number of aryl methyl sites for hydroxylation is 1. The largest absolute Gasteiger partial charge is 0.451 e. The first-order valence-electron chi connectivity index (χ1n) is 11.3. The summed E-state index contributed by atoms with van der Waals surface area (Å²) >= 11 is 1.16. The molecule has 1 N–H and O–H groups in total. The summed E-state index contributed by atoms with van der Waals surface area (Å²) in [6.07, 6.45) is 0. The van der Waals surface area contributed by atoms with E-state index >= 15 is 0 Å². The Balaban J connectivity index is 1.30. The second kappa shape index (κ2) is 9.51. The van der Waals surface area contributed by atoms with E-state index in [0.717, 1.165) is 16.7 Å². The molecule has 2 aromatic carbocycles. The number of carbonyl (C=O) groups excluding carboxylic acids is 2. The number of ether oxygens (including phenoxy) is 1. The number of amides is 1. The molecule has 0 bridgehead atoms. The molecule has 0 aliphatic carbocycles. The number of thiophene rings is 1. The first kappa shape index (κ1) is 24.2. The molecule has 0 spiro atoms. The van der Waals surface area contributed by atoms with Crippen molar-refractivity contribution in [3.8, 4) is 11.4 Å². The molecule has 3 heterocycles. The smallest absolute Gasteiger partial charge is 0.348 e. The molecule has 37 heavy (non-hydrogen) atoms. The highest BCUT2D eigenvalue weighted by atomic mass is 32.1. The number of esters is 1. The van der Waals surface area contributed by atoms with E-state index < -0.39 is 24.0 Å². The van der Waals surface area contributed by atoms with Gasteiger partial charge >= 0.3 is 5.97 Å². The van der Waals surface area contributed by atoms with Crippen LogP contribution in [-0.2, 0) is 16.6 Å². The van der Waals surface area contributed by atoms with Gasteiger partial charge in [-0.05, 0) is 56.3 Å². The molecule has 5 rings (SSSR count). The zero-order chi connectivity index (χ0) is 26.3. The number of rotatable bonds is 6. The minimum Gasteiger partial charge on any atom is -0.451 e. The Morgan fingerprint density at radius 2 is 1.76 bits per heavy atom. The van der Waals surface area contributed by atoms with Gasteiger partial charge in [0.05, 0.1) is 22.8 Å². The summed E-state index contributed by atoms with van der Waals surface area (Å²) in [5.74, 6) is -1.66. The van der Waals surface area contributed by atoms with E-state index in [9.17, 15) is 18.8 Å². The molecular formula is C26H22FN5O4S. The minimum atomic E-state index is -0.673. The lowest BCUT2D eigenvalue weighted by atomic mass is 10.3. The Kier molecular flexibility index (Phi) is 6.22. The molecule has 0 aliphatic rings. The molecule has 0 unspecified atom stereocenters. The van der Waals surface area contributed by atoms with Crippen molar-refractivity contribution in [1.29, 1.82) is 0 Å². The fraction of sp³-hybridized carbons (Fsp3) is 0.154. The number of para-hydroxylation sites is 1. The predicted molar refractivity (Wildman–Crippen MR) is 138 cm³/mol. The summed E-state index contributed by atoms with van der Waals surface area (Å²) in [7, 11) is 1.72. The number of fused-ring (bicyclic) bond motifs is 1. The molecule has 188 valence electrons. The zero-order valence-electron chi connectivity index (χ0n) is 20.2. The molecular weight excluding hydrogens is 497 g/mol. The number of nitrogens with zero attached hydrogens (tertiary/aromatic N) is 4. The summed E-state index contributed by atoms with van der Waals surface area (Å²) in [5.41, 5.74) is 2.28. The van der Waals surface area contributed by atoms with E-state index in [1.807, 2.05) is 25.1 Å². The topological polar surface area (TPSA) is 100 Å². The quantitative estimate of drug-likeness (QED) is 0.340. The number of aromatic nitrogens is 4. The normalized spacial score (nSPS) is 11.1. The van der Waals surface area contributed by atoms with Crippen LogP contribution in [0.25, 0.3) is 21.6 Å². The van der Waals surface area contributed by atoms with Crippen molar-refractivity contribution in [3.05, 3.63) is 93.1 Å². The van der Waals surface area contributed by atoms with Crippen LogP contribution < -0.4 is 10.9 Å². The van der Waals surface area contributed by atoms with Gasteiger partial charge in [0.25, 0.3) is 11.5 Å². The SMILES string of the molecule is Cc1nn(-c2ccc(F)cc2)c2sc(C(=O)OCC(=O)Nc3c(C)n(C)n(-c4ccccc4)c3=O)cc12. The second-order valence-corrected chi connectivity index (χ2v) is 9.39. The Labute approximate surface area is 214 Å². The summed E-state index contributed by atoms with van der Waals surface area (Å²) in [4.78, 5) is 39.2. The molecule has 0 atom stereocenters. The number of hydrogen-bond acceptors (Lipinski definition) is 6. The molecule has 5 aromatic rings. The number of halogens is 1. The number of nitrogens with one attached hydrogen (secondary N) is 1. The van der Waals surface area contributed by atoms with E-state index in [1.165, 1.54) is 16.8 Å². The Hall–Kier alpha value is -4.51. The van der Waals surface area contributed by atoms with Crippen LogP contribution in [0.5, 0.6) is 0 Å². The lowest BCUT2D eigenvalue weighted by Crippen LogP contribution is -2.25. The van der Waals surface area contributed by atoms with E-state index in [4.69, 9.17) is 4.74 Å². The third kappa shape index (κ3) is 4.45. The average molecular weight is 520 g/mol. The highest BCUT2D eigenvalue weighted by Crippen LogP contribution is 2.31. The van der Waals surface area contributed by atoms with E-state index in [0.29, 0.717) is 32.5 Å². The van der Waals surface area contributed by atoms with Crippen molar-refractivity contribution in [2.45, 2.75) is 13.8 Å². The monoisotopic (exact) mass is 519 g/mol. The van der Waals surface area contributed by atoms with E-state index in [2.05, 4.69) is 10.4 Å². The second-order valence-electron chi connectivity index (χ2n) is 8.36. The predicted octanol–water partition coefficient (Wildman–Crippen LogP) is 4.13. The Morgan fingerprint density at radius 1 is 1.05 bits per heavy atom. The molecule has 9 nitrogen and oxygen atoms in total. The minimum absolute atomic E-state index is 0.115. The van der Waals surface area contributed by atoms with Crippen molar-refractivity contribution in [2.75, 3.05) is 11.9 Å². The van der Waals surface area contributed by atoms with Gasteiger partial charge in [-0.15, -0.1) is 11.3 Å². The van der Waals surface area contributed by atoms with Gasteiger partial charge in [-0.1, -0.05) is 18.2 Å². The van der Waals surface area contributed by atoms with E-state index in [-0.39, 0.29) is 11.5 Å². The summed E-state index contributed by atoms with van der Waals surface area (Å²) < 4.78 is 23.3. The molecule has 0 aliphatic heterocycles. The first-order valence-corrected chi connectivity index (χ1v) is 12.1. The number of carbonyl (C=O) groups is 2. The van der Waals surface area contributed by atoms with Gasteiger partial charge in [0, 0.05) is 12.4 Å². The highest BCUT2D eigenvalue weighted by Gasteiger charge is 2.21. The third-order valence-electron chi connectivity index (χ3n) is 5.97. The number of anilines is 1. The van der Waals surface area contributed by atoms with Gasteiger partial charge in [0.15, 0.2) is 6.61 Å². The maximum absolute atomic E-state index is 13.3. The van der Waals surface area contributed by atoms with Crippen LogP contribution in [-0.4, -0.2) is 37.6 Å². The van der Waals surface area contributed by atoms with Gasteiger partial charge < -0.3 is 10.1 Å². The standard InChI is InChI=1S/C26H22FN5O4S/c1-15-20-13-21(37-25(20)31(29-15)18-11-9-17(27)10-12-18)26(35)36-14-22(33)28-23-16(2)30(3)32(24(23)34)19-7-5-4-6-8-19/h4-13H,14H2,1-3H3,(H,28,33). The Bertz CT molecular complexity index is 1700. The summed E-state index contributed by atoms with van der Waals surface area (Å²) in [6.45, 7) is 2.96. The number of benzene rings is 2. The fourth-order valence-corrected chi connectivity index (χ4v) is 5.07. The molecule has 0 saturated carbocycles. The lowest BCUT2D eigenvalue weighted by Gasteiger charge is -2.07. The first-order chi connectivity index (χ1) is 17.7. The molecule has 0 radical (unpaired) electrons. The van der Waals surface area contributed by atoms with E-state index in [1.54, 1.807) is 53.7 Å². The summed E-state index contributed by atoms with van der Waals surface area (Å²) in [6, 6.07) is 16.6. The summed E-state index contributed by atoms with van der Waals surface area (Å²) in [5, 5.41) is 7.80. The number of hydrogen-bond donors (Lipinski definition) is 1. The van der Waals surface area contributed by atoms with Crippen LogP contribution >= 0.6 is 11.3 Å². The van der Waals surface area contributed by atoms with Crippen molar-refractivity contribution in [3.63, 3.8) is 0 Å². The van der Waals surface area contributed by atoms with Crippen LogP contribution in [0.3, 0.4) is 0 Å². The van der Waals surface area contributed by atoms with Crippen LogP contribution in [0.2, 0.25) is 0 Å². The van der Waals surface area contributed by atoms with Crippen LogP contribution in [0, 0.1) is 19.7 Å². The van der Waals surface area contributed by atoms with Gasteiger partial charge in [-0.3, -0.25) is 14.3 Å². The van der Waals surface area contributed by atoms with Crippen LogP contribution in [0.15, 0.2) is 65.5 Å². The molecule has 0 saturated heterocycles. The maximum Gasteiger partial charge on any atom is 0.348 e. The van der Waals surface area contributed by atoms with Crippen molar-refractivity contribution in [2.24, 2.45) is 7.05 Å². The molecule has 3 aromatic heterocycles. The van der Waals surface area contributed by atoms with Gasteiger partial charge in [0.1, 0.15) is 21.2 Å². The fourth-order valence-electron chi connectivity index (χ4n) is 4.00.